The van der Waals surface area contributed by atoms with Crippen LogP contribution in [-0.4, -0.2) is 30.7 Å². The highest BCUT2D eigenvalue weighted by Crippen LogP contribution is 2.26. The first-order valence-electron chi connectivity index (χ1n) is 6.52. The van der Waals surface area contributed by atoms with Gasteiger partial charge < -0.3 is 9.69 Å². The van der Waals surface area contributed by atoms with Gasteiger partial charge in [0.05, 0.1) is 12.5 Å². The van der Waals surface area contributed by atoms with Gasteiger partial charge in [-0.1, -0.05) is 60.7 Å². The molecule has 0 aliphatic heterocycles. The molecule has 0 radical (unpaired) electrons. The van der Waals surface area contributed by atoms with Gasteiger partial charge in [0.15, 0.2) is 0 Å². The van der Waals surface area contributed by atoms with E-state index in [1.165, 1.54) is 4.90 Å². The molecule has 2 aromatic carbocycles. The Morgan fingerprint density at radius 2 is 1.45 bits per heavy atom. The number of benzene rings is 2. The third-order valence-electron chi connectivity index (χ3n) is 3.24. The van der Waals surface area contributed by atoms with E-state index in [9.17, 15) is 9.59 Å². The summed E-state index contributed by atoms with van der Waals surface area (Å²) >= 11 is 0. The number of likely N-dealkylation sites (N-methyl/N-ethyl adjacent to an activating group) is 1. The highest BCUT2D eigenvalue weighted by atomic mass is 16.2. The van der Waals surface area contributed by atoms with Crippen molar-refractivity contribution in [3.63, 3.8) is 0 Å². The van der Waals surface area contributed by atoms with E-state index in [1.54, 1.807) is 7.05 Å². The first-order chi connectivity index (χ1) is 9.74. The van der Waals surface area contributed by atoms with Crippen molar-refractivity contribution in [2.24, 2.45) is 0 Å². The van der Waals surface area contributed by atoms with Crippen molar-refractivity contribution in [2.45, 2.75) is 5.92 Å². The summed E-state index contributed by atoms with van der Waals surface area (Å²) < 4.78 is 0. The summed E-state index contributed by atoms with van der Waals surface area (Å²) in [5.74, 6) is -0.447. The van der Waals surface area contributed by atoms with Gasteiger partial charge in [0.25, 0.3) is 0 Å². The lowest BCUT2D eigenvalue weighted by molar-refractivity contribution is -0.132. The lowest BCUT2D eigenvalue weighted by Crippen LogP contribution is -2.33. The maximum atomic E-state index is 12.6. The fourth-order valence-corrected chi connectivity index (χ4v) is 2.19. The molecule has 0 bridgehead atoms. The second kappa shape index (κ2) is 6.66. The molecule has 2 aromatic rings. The fourth-order valence-electron chi connectivity index (χ4n) is 2.19. The van der Waals surface area contributed by atoms with E-state index >= 15 is 0 Å². The van der Waals surface area contributed by atoms with Crippen LogP contribution in [0.1, 0.15) is 17.0 Å². The Bertz CT molecular complexity index is 527. The van der Waals surface area contributed by atoms with Crippen molar-refractivity contribution in [2.75, 3.05) is 13.6 Å². The van der Waals surface area contributed by atoms with E-state index in [0.29, 0.717) is 0 Å². The van der Waals surface area contributed by atoms with E-state index < -0.39 is 0 Å². The van der Waals surface area contributed by atoms with Crippen LogP contribution in [0.5, 0.6) is 0 Å². The van der Waals surface area contributed by atoms with Gasteiger partial charge >= 0.3 is 0 Å². The predicted molar refractivity (Wildman–Crippen MR) is 78.4 cm³/mol. The maximum Gasteiger partial charge on any atom is 0.234 e. The summed E-state index contributed by atoms with van der Waals surface area (Å²) in [7, 11) is 1.65. The van der Waals surface area contributed by atoms with Gasteiger partial charge in [-0.25, -0.2) is 0 Å². The summed E-state index contributed by atoms with van der Waals surface area (Å²) in [4.78, 5) is 24.7. The van der Waals surface area contributed by atoms with Gasteiger partial charge in [0.1, 0.15) is 6.29 Å². The van der Waals surface area contributed by atoms with Crippen LogP contribution in [0.25, 0.3) is 0 Å². The molecule has 2 rings (SSSR count). The molecule has 0 aromatic heterocycles. The quantitative estimate of drug-likeness (QED) is 0.780. The molecule has 0 heterocycles. The van der Waals surface area contributed by atoms with Crippen LogP contribution in [0, 0.1) is 0 Å². The minimum absolute atomic E-state index is 0.0745. The number of nitrogens with zero attached hydrogens (tertiary/aromatic N) is 1. The minimum Gasteiger partial charge on any atom is -0.338 e. The molecule has 3 nitrogen and oxygen atoms in total. The molecule has 20 heavy (non-hydrogen) atoms. The number of hydrogen-bond acceptors (Lipinski definition) is 2. The molecule has 0 fully saturated rings. The molecule has 0 atom stereocenters. The highest BCUT2D eigenvalue weighted by molar-refractivity contribution is 5.88. The van der Waals surface area contributed by atoms with E-state index in [1.807, 2.05) is 60.7 Å². The molecule has 0 aliphatic carbocycles. The van der Waals surface area contributed by atoms with Gasteiger partial charge in [-0.15, -0.1) is 0 Å². The maximum absolute atomic E-state index is 12.6. The minimum atomic E-state index is -0.373. The molecular weight excluding hydrogens is 250 g/mol. The van der Waals surface area contributed by atoms with E-state index in [2.05, 4.69) is 0 Å². The Balaban J connectivity index is 2.40. The van der Waals surface area contributed by atoms with Crippen LogP contribution >= 0.6 is 0 Å². The number of aldehydes is 1. The smallest absolute Gasteiger partial charge is 0.234 e. The summed E-state index contributed by atoms with van der Waals surface area (Å²) in [6, 6.07) is 19.2. The van der Waals surface area contributed by atoms with E-state index in [0.717, 1.165) is 17.4 Å². The number of amides is 1. The van der Waals surface area contributed by atoms with Gasteiger partial charge in [-0.05, 0) is 11.1 Å². The van der Waals surface area contributed by atoms with E-state index in [4.69, 9.17) is 0 Å². The van der Waals surface area contributed by atoms with Crippen LogP contribution < -0.4 is 0 Å². The number of hydrogen-bond donors (Lipinski definition) is 0. The zero-order chi connectivity index (χ0) is 14.4. The lowest BCUT2D eigenvalue weighted by atomic mass is 9.90. The third kappa shape index (κ3) is 3.12. The zero-order valence-electron chi connectivity index (χ0n) is 11.4. The third-order valence-corrected chi connectivity index (χ3v) is 3.24. The molecule has 0 unspecified atom stereocenters. The van der Waals surface area contributed by atoms with Gasteiger partial charge in [-0.2, -0.15) is 0 Å². The molecule has 0 N–H and O–H groups in total. The Kier molecular flexibility index (Phi) is 4.66. The van der Waals surface area contributed by atoms with Crippen molar-refractivity contribution in [3.05, 3.63) is 71.8 Å². The Labute approximate surface area is 118 Å². The summed E-state index contributed by atoms with van der Waals surface area (Å²) in [5.41, 5.74) is 1.86. The molecule has 102 valence electrons. The Morgan fingerprint density at radius 3 is 1.85 bits per heavy atom. The van der Waals surface area contributed by atoms with E-state index in [-0.39, 0.29) is 18.4 Å². The molecule has 0 aliphatic rings. The average Bonchev–Trinajstić information content (AvgIpc) is 2.50. The first kappa shape index (κ1) is 14.0. The molecule has 3 heteroatoms. The standard InChI is InChI=1S/C17H17NO2/c1-18(12-13-19)17(20)16(14-8-4-2-5-9-14)15-10-6-3-7-11-15/h2-11,13,16H,12H2,1H3. The van der Waals surface area contributed by atoms with Crippen molar-refractivity contribution in [1.82, 2.24) is 4.90 Å². The molecule has 0 saturated carbocycles. The Morgan fingerprint density at radius 1 is 1.00 bits per heavy atom. The van der Waals surface area contributed by atoms with Gasteiger partial charge in [0.2, 0.25) is 5.91 Å². The second-order valence-corrected chi connectivity index (χ2v) is 4.64. The van der Waals surface area contributed by atoms with Crippen LogP contribution in [0.15, 0.2) is 60.7 Å². The van der Waals surface area contributed by atoms with Crippen molar-refractivity contribution in [1.29, 1.82) is 0 Å². The van der Waals surface area contributed by atoms with Crippen LogP contribution in [0.2, 0.25) is 0 Å². The number of carbonyl (C=O) groups excluding carboxylic acids is 2. The summed E-state index contributed by atoms with van der Waals surface area (Å²) in [5, 5.41) is 0. The van der Waals surface area contributed by atoms with Crippen LogP contribution in [0.4, 0.5) is 0 Å². The fraction of sp³-hybridized carbons (Fsp3) is 0.176. The predicted octanol–water partition coefficient (Wildman–Crippen LogP) is 2.48. The lowest BCUT2D eigenvalue weighted by Gasteiger charge is -2.23. The average molecular weight is 267 g/mol. The SMILES string of the molecule is CN(CC=O)C(=O)C(c1ccccc1)c1ccccc1. The molecule has 0 spiro atoms. The number of rotatable bonds is 5. The van der Waals surface area contributed by atoms with Gasteiger partial charge in [0, 0.05) is 7.05 Å². The summed E-state index contributed by atoms with van der Waals surface area (Å²) in [6.45, 7) is 0.106. The normalized spacial score (nSPS) is 10.3. The second-order valence-electron chi connectivity index (χ2n) is 4.64. The highest BCUT2D eigenvalue weighted by Gasteiger charge is 2.25. The van der Waals surface area contributed by atoms with Crippen molar-refractivity contribution >= 4 is 12.2 Å². The Hall–Kier alpha value is -2.42. The van der Waals surface area contributed by atoms with Crippen LogP contribution in [-0.2, 0) is 9.59 Å². The molecule has 1 amide bonds. The van der Waals surface area contributed by atoms with Crippen molar-refractivity contribution < 1.29 is 9.59 Å². The topological polar surface area (TPSA) is 37.4 Å². The van der Waals surface area contributed by atoms with Crippen molar-refractivity contribution in [3.8, 4) is 0 Å². The monoisotopic (exact) mass is 267 g/mol. The molecular formula is C17H17NO2. The summed E-state index contributed by atoms with van der Waals surface area (Å²) in [6.07, 6.45) is 0.741. The first-order valence-corrected chi connectivity index (χ1v) is 6.52. The van der Waals surface area contributed by atoms with Gasteiger partial charge in [-0.3, -0.25) is 4.79 Å². The molecule has 0 saturated heterocycles. The zero-order valence-corrected chi connectivity index (χ0v) is 11.4. The number of carbonyl (C=O) groups is 2. The van der Waals surface area contributed by atoms with Crippen LogP contribution in [0.3, 0.4) is 0 Å². The largest absolute Gasteiger partial charge is 0.338 e.